The summed E-state index contributed by atoms with van der Waals surface area (Å²) in [6.07, 6.45) is -2.00. The zero-order chi connectivity index (χ0) is 27.8. The van der Waals surface area contributed by atoms with Crippen molar-refractivity contribution in [2.45, 2.75) is 36.4 Å². The van der Waals surface area contributed by atoms with Gasteiger partial charge in [0.15, 0.2) is 9.84 Å². The predicted octanol–water partition coefficient (Wildman–Crippen LogP) is 5.29. The van der Waals surface area contributed by atoms with E-state index in [9.17, 15) is 21.6 Å². The van der Waals surface area contributed by atoms with E-state index in [4.69, 9.17) is 4.74 Å². The molecule has 208 valence electrons. The standard InChI is InChI=1S/C28H30F3N3O3S2/c1-37-24-13-19(39(2,35)36)10-11-22(24)33-12-4-7-25-21(14-28(29,30)31)20-5-3-6-23(27(20)38-25)34-26-17-8-9-18(26)16-32-15-17/h3,5-6,10-11,13,17-18,26,32-34H,8-9,12,14-16H2,1-2H3. The Hall–Kier alpha value is -2.94. The van der Waals surface area contributed by atoms with Crippen molar-refractivity contribution in [3.8, 4) is 17.6 Å². The molecule has 2 atom stereocenters. The van der Waals surface area contributed by atoms with E-state index in [1.807, 2.05) is 12.1 Å². The fraction of sp³-hybridized carbons (Fsp3) is 0.429. The smallest absolute Gasteiger partial charge is 0.393 e. The average Bonchev–Trinajstić information content (AvgIpc) is 3.31. The first kappa shape index (κ1) is 27.6. The summed E-state index contributed by atoms with van der Waals surface area (Å²) in [5.41, 5.74) is 1.60. The lowest BCUT2D eigenvalue weighted by Crippen LogP contribution is -2.45. The second-order valence-electron chi connectivity index (χ2n) is 10.1. The van der Waals surface area contributed by atoms with E-state index in [1.165, 1.54) is 30.6 Å². The summed E-state index contributed by atoms with van der Waals surface area (Å²) in [5.74, 6) is 7.27. The number of benzene rings is 2. The fourth-order valence-electron chi connectivity index (χ4n) is 5.57. The lowest BCUT2D eigenvalue weighted by Gasteiger charge is -2.32. The number of sulfone groups is 1. The molecule has 1 saturated carbocycles. The van der Waals surface area contributed by atoms with Gasteiger partial charge in [-0.3, -0.25) is 0 Å². The Morgan fingerprint density at radius 1 is 1.13 bits per heavy atom. The van der Waals surface area contributed by atoms with Gasteiger partial charge in [0, 0.05) is 18.4 Å². The molecule has 1 saturated heterocycles. The van der Waals surface area contributed by atoms with Crippen LogP contribution in [-0.4, -0.2) is 53.6 Å². The molecule has 0 spiro atoms. The van der Waals surface area contributed by atoms with Gasteiger partial charge in [-0.05, 0) is 66.9 Å². The molecule has 3 aromatic rings. The molecule has 2 aromatic carbocycles. The maximum absolute atomic E-state index is 13.6. The molecule has 1 aliphatic heterocycles. The van der Waals surface area contributed by atoms with E-state index in [0.29, 0.717) is 39.6 Å². The molecule has 39 heavy (non-hydrogen) atoms. The third-order valence-corrected chi connectivity index (χ3v) is 9.73. The first-order valence-electron chi connectivity index (χ1n) is 12.7. The summed E-state index contributed by atoms with van der Waals surface area (Å²) in [6, 6.07) is 10.3. The van der Waals surface area contributed by atoms with Crippen LogP contribution in [-0.2, 0) is 16.3 Å². The van der Waals surface area contributed by atoms with Crippen LogP contribution >= 0.6 is 11.3 Å². The maximum atomic E-state index is 13.6. The van der Waals surface area contributed by atoms with Crippen LogP contribution < -0.4 is 20.7 Å². The highest BCUT2D eigenvalue weighted by Gasteiger charge is 2.39. The molecular weight excluding hydrogens is 547 g/mol. The molecule has 1 aromatic heterocycles. The van der Waals surface area contributed by atoms with E-state index in [-0.39, 0.29) is 17.0 Å². The van der Waals surface area contributed by atoms with E-state index >= 15 is 0 Å². The van der Waals surface area contributed by atoms with Crippen LogP contribution in [0.4, 0.5) is 24.5 Å². The van der Waals surface area contributed by atoms with E-state index < -0.39 is 22.4 Å². The first-order chi connectivity index (χ1) is 18.5. The van der Waals surface area contributed by atoms with Gasteiger partial charge in [0.25, 0.3) is 0 Å². The van der Waals surface area contributed by atoms with Gasteiger partial charge >= 0.3 is 6.18 Å². The van der Waals surface area contributed by atoms with Crippen LogP contribution in [0.1, 0.15) is 23.3 Å². The highest BCUT2D eigenvalue weighted by Crippen LogP contribution is 2.42. The molecule has 1 aliphatic carbocycles. The van der Waals surface area contributed by atoms with Crippen LogP contribution in [0.3, 0.4) is 0 Å². The van der Waals surface area contributed by atoms with Gasteiger partial charge in [0.2, 0.25) is 0 Å². The van der Waals surface area contributed by atoms with Crippen molar-refractivity contribution in [1.82, 2.24) is 5.32 Å². The SMILES string of the molecule is COc1cc(S(C)(=O)=O)ccc1NCC#Cc1sc2c(NC3C4CCC3CNC4)cccc2c1CC(F)(F)F. The number of anilines is 2. The number of thiophene rings is 1. The summed E-state index contributed by atoms with van der Waals surface area (Å²) in [6.45, 7) is 2.05. The third-order valence-electron chi connectivity index (χ3n) is 7.43. The second-order valence-corrected chi connectivity index (χ2v) is 13.1. The molecule has 2 fully saturated rings. The second kappa shape index (κ2) is 10.9. The predicted molar refractivity (Wildman–Crippen MR) is 150 cm³/mol. The monoisotopic (exact) mass is 577 g/mol. The number of piperidine rings is 1. The quantitative estimate of drug-likeness (QED) is 0.331. The highest BCUT2D eigenvalue weighted by molar-refractivity contribution is 7.90. The lowest BCUT2D eigenvalue weighted by molar-refractivity contribution is -0.126. The maximum Gasteiger partial charge on any atom is 0.393 e. The molecular formula is C28H30F3N3O3S2. The van der Waals surface area contributed by atoms with Crippen molar-refractivity contribution in [2.75, 3.05) is 43.6 Å². The molecule has 2 unspecified atom stereocenters. The Kier molecular flexibility index (Phi) is 7.73. The van der Waals surface area contributed by atoms with E-state index in [2.05, 4.69) is 27.8 Å². The van der Waals surface area contributed by atoms with E-state index in [1.54, 1.807) is 12.1 Å². The van der Waals surface area contributed by atoms with Gasteiger partial charge in [0.05, 0.1) is 45.9 Å². The number of methoxy groups -OCH3 is 1. The van der Waals surface area contributed by atoms with Gasteiger partial charge < -0.3 is 20.7 Å². The van der Waals surface area contributed by atoms with Crippen LogP contribution in [0, 0.1) is 23.7 Å². The normalized spacial score (nSPS) is 20.9. The molecule has 2 bridgehead atoms. The molecule has 3 N–H and O–H groups in total. The average molecular weight is 578 g/mol. The van der Waals surface area contributed by atoms with Gasteiger partial charge in [0.1, 0.15) is 5.75 Å². The highest BCUT2D eigenvalue weighted by atomic mass is 32.2. The zero-order valence-electron chi connectivity index (χ0n) is 21.6. The molecule has 11 heteroatoms. The largest absolute Gasteiger partial charge is 0.495 e. The summed E-state index contributed by atoms with van der Waals surface area (Å²) < 4.78 is 70.5. The van der Waals surface area contributed by atoms with Crippen molar-refractivity contribution in [3.05, 3.63) is 46.8 Å². The number of ether oxygens (including phenoxy) is 1. The van der Waals surface area contributed by atoms with Crippen molar-refractivity contribution in [1.29, 1.82) is 0 Å². The van der Waals surface area contributed by atoms with Crippen molar-refractivity contribution in [3.63, 3.8) is 0 Å². The van der Waals surface area contributed by atoms with Gasteiger partial charge in [-0.1, -0.05) is 24.0 Å². The van der Waals surface area contributed by atoms with Gasteiger partial charge in [-0.25, -0.2) is 8.42 Å². The molecule has 5 rings (SSSR count). The first-order valence-corrected chi connectivity index (χ1v) is 15.4. The minimum absolute atomic E-state index is 0.125. The topological polar surface area (TPSA) is 79.5 Å². The molecule has 0 radical (unpaired) electrons. The van der Waals surface area contributed by atoms with Crippen molar-refractivity contribution >= 4 is 42.6 Å². The van der Waals surface area contributed by atoms with Crippen molar-refractivity contribution in [2.24, 2.45) is 11.8 Å². The molecule has 6 nitrogen and oxygen atoms in total. The minimum Gasteiger partial charge on any atom is -0.495 e. The minimum atomic E-state index is -4.37. The fourth-order valence-corrected chi connectivity index (χ4v) is 7.38. The van der Waals surface area contributed by atoms with Gasteiger partial charge in [-0.15, -0.1) is 11.3 Å². The Labute approximate surface area is 230 Å². The van der Waals surface area contributed by atoms with Crippen LogP contribution in [0.15, 0.2) is 41.3 Å². The summed E-state index contributed by atoms with van der Waals surface area (Å²) in [4.78, 5) is 0.519. The Morgan fingerprint density at radius 2 is 1.87 bits per heavy atom. The number of rotatable bonds is 7. The van der Waals surface area contributed by atoms with Crippen LogP contribution in [0.2, 0.25) is 0 Å². The van der Waals surface area contributed by atoms with Crippen LogP contribution in [0.25, 0.3) is 10.1 Å². The molecule has 2 heterocycles. The zero-order valence-corrected chi connectivity index (χ0v) is 23.2. The molecule has 0 amide bonds. The number of fused-ring (bicyclic) bond motifs is 3. The summed E-state index contributed by atoms with van der Waals surface area (Å²) in [5, 5.41) is 10.8. The van der Waals surface area contributed by atoms with E-state index in [0.717, 1.165) is 42.6 Å². The third kappa shape index (κ3) is 6.13. The Morgan fingerprint density at radius 3 is 2.54 bits per heavy atom. The number of halogens is 3. The lowest BCUT2D eigenvalue weighted by atomic mass is 9.93. The van der Waals surface area contributed by atoms with Crippen molar-refractivity contribution < 1.29 is 26.3 Å². The number of nitrogens with one attached hydrogen (secondary N) is 3. The summed E-state index contributed by atoms with van der Waals surface area (Å²) in [7, 11) is -1.97. The number of hydrogen-bond donors (Lipinski definition) is 3. The van der Waals surface area contributed by atoms with Gasteiger partial charge in [-0.2, -0.15) is 13.2 Å². The number of hydrogen-bond acceptors (Lipinski definition) is 7. The van der Waals surface area contributed by atoms with Crippen LogP contribution in [0.5, 0.6) is 5.75 Å². The molecule has 2 aliphatic rings. The Bertz CT molecular complexity index is 1520. The number of alkyl halides is 3. The summed E-state index contributed by atoms with van der Waals surface area (Å²) >= 11 is 1.29. The Balaban J connectivity index is 1.41.